The molecule has 5 nitrogen and oxygen atoms in total. The zero-order valence-corrected chi connectivity index (χ0v) is 10.7. The highest BCUT2D eigenvalue weighted by Gasteiger charge is 2.39. The molecule has 102 valence electrons. The second-order valence-corrected chi connectivity index (χ2v) is 5.83. The fourth-order valence-corrected chi connectivity index (χ4v) is 3.04. The van der Waals surface area contributed by atoms with Crippen molar-refractivity contribution in [2.24, 2.45) is 17.1 Å². The summed E-state index contributed by atoms with van der Waals surface area (Å²) in [5.41, 5.74) is 5.80. The molecule has 1 amide bonds. The Hall–Kier alpha value is -1.10. The molecular weight excluding hydrogens is 232 g/mol. The fraction of sp³-hybridized carbons (Fsp3) is 0.846. The van der Waals surface area contributed by atoms with E-state index in [0.29, 0.717) is 26.1 Å². The van der Waals surface area contributed by atoms with E-state index in [-0.39, 0.29) is 23.7 Å². The lowest BCUT2D eigenvalue weighted by Crippen LogP contribution is -2.42. The van der Waals surface area contributed by atoms with Gasteiger partial charge in [0.2, 0.25) is 5.91 Å². The number of aliphatic carboxylic acids is 1. The van der Waals surface area contributed by atoms with Gasteiger partial charge in [-0.3, -0.25) is 9.59 Å². The number of carbonyl (C=O) groups is 2. The number of hydrogen-bond donors (Lipinski definition) is 2. The Morgan fingerprint density at radius 1 is 1.39 bits per heavy atom. The molecule has 1 saturated carbocycles. The Morgan fingerprint density at radius 3 is 2.61 bits per heavy atom. The van der Waals surface area contributed by atoms with Crippen molar-refractivity contribution < 1.29 is 14.7 Å². The molecule has 1 heterocycles. The molecule has 0 radical (unpaired) electrons. The number of likely N-dealkylation sites (tertiary alicyclic amines) is 1. The number of carbonyl (C=O) groups excluding carboxylic acids is 1. The summed E-state index contributed by atoms with van der Waals surface area (Å²) in [6, 6.07) is 0. The lowest BCUT2D eigenvalue weighted by atomic mass is 9.66. The maximum atomic E-state index is 12.2. The lowest BCUT2D eigenvalue weighted by Gasteiger charge is -2.41. The molecular formula is C13H22N2O3. The van der Waals surface area contributed by atoms with Crippen LogP contribution in [0.2, 0.25) is 0 Å². The molecule has 0 aromatic heterocycles. The monoisotopic (exact) mass is 254 g/mol. The van der Waals surface area contributed by atoms with Gasteiger partial charge >= 0.3 is 5.97 Å². The van der Waals surface area contributed by atoms with E-state index in [9.17, 15) is 9.59 Å². The van der Waals surface area contributed by atoms with Crippen LogP contribution in [-0.4, -0.2) is 41.5 Å². The van der Waals surface area contributed by atoms with Crippen LogP contribution in [0.1, 0.15) is 38.5 Å². The quantitative estimate of drug-likeness (QED) is 0.761. The van der Waals surface area contributed by atoms with Gasteiger partial charge in [-0.05, 0) is 37.1 Å². The molecule has 2 aliphatic rings. The predicted octanol–water partition coefficient (Wildman–Crippen LogP) is 0.829. The van der Waals surface area contributed by atoms with Crippen LogP contribution < -0.4 is 5.73 Å². The van der Waals surface area contributed by atoms with Gasteiger partial charge in [-0.15, -0.1) is 0 Å². The number of rotatable bonds is 5. The molecule has 1 unspecified atom stereocenters. The maximum absolute atomic E-state index is 12.2. The third-order valence-electron chi connectivity index (χ3n) is 4.48. The summed E-state index contributed by atoms with van der Waals surface area (Å²) in [5.74, 6) is -0.485. The minimum absolute atomic E-state index is 0.0436. The molecule has 1 atom stereocenters. The number of carboxylic acids is 1. The first-order valence-electron chi connectivity index (χ1n) is 6.74. The van der Waals surface area contributed by atoms with Crippen molar-refractivity contribution in [2.75, 3.05) is 19.6 Å². The summed E-state index contributed by atoms with van der Waals surface area (Å²) in [5, 5.41) is 8.75. The highest BCUT2D eigenvalue weighted by atomic mass is 16.4. The van der Waals surface area contributed by atoms with Crippen molar-refractivity contribution >= 4 is 11.9 Å². The van der Waals surface area contributed by atoms with Crippen LogP contribution in [0.25, 0.3) is 0 Å². The summed E-state index contributed by atoms with van der Waals surface area (Å²) in [7, 11) is 0. The van der Waals surface area contributed by atoms with Gasteiger partial charge in [-0.25, -0.2) is 0 Å². The van der Waals surface area contributed by atoms with Gasteiger partial charge in [0.1, 0.15) is 0 Å². The lowest BCUT2D eigenvalue weighted by molar-refractivity contribution is -0.139. The summed E-state index contributed by atoms with van der Waals surface area (Å²) in [6.07, 6.45) is 4.82. The van der Waals surface area contributed by atoms with Gasteiger partial charge in [0.25, 0.3) is 0 Å². The number of nitrogens with zero attached hydrogens (tertiary/aromatic N) is 1. The highest BCUT2D eigenvalue weighted by Crippen LogP contribution is 2.43. The van der Waals surface area contributed by atoms with E-state index in [4.69, 9.17) is 10.8 Å². The number of amides is 1. The Labute approximate surface area is 107 Å². The van der Waals surface area contributed by atoms with Crippen LogP contribution >= 0.6 is 0 Å². The van der Waals surface area contributed by atoms with Crippen molar-refractivity contribution in [3.63, 3.8) is 0 Å². The Kier molecular flexibility index (Phi) is 3.90. The SMILES string of the molecule is NCC1(CC(=O)N2CCC(CC(=O)O)C2)CCC1. The van der Waals surface area contributed by atoms with Crippen LogP contribution in [0, 0.1) is 11.3 Å². The van der Waals surface area contributed by atoms with Gasteiger partial charge in [0.05, 0.1) is 0 Å². The molecule has 18 heavy (non-hydrogen) atoms. The topological polar surface area (TPSA) is 83.6 Å². The van der Waals surface area contributed by atoms with Crippen molar-refractivity contribution in [1.82, 2.24) is 4.90 Å². The first-order valence-corrected chi connectivity index (χ1v) is 6.74. The Balaban J connectivity index is 1.82. The van der Waals surface area contributed by atoms with Crippen LogP contribution in [-0.2, 0) is 9.59 Å². The van der Waals surface area contributed by atoms with Crippen molar-refractivity contribution in [3.8, 4) is 0 Å². The summed E-state index contributed by atoms with van der Waals surface area (Å²) < 4.78 is 0. The van der Waals surface area contributed by atoms with Gasteiger partial charge in [-0.1, -0.05) is 6.42 Å². The smallest absolute Gasteiger partial charge is 0.303 e. The van der Waals surface area contributed by atoms with E-state index in [1.54, 1.807) is 0 Å². The summed E-state index contributed by atoms with van der Waals surface area (Å²) in [6.45, 7) is 1.90. The van der Waals surface area contributed by atoms with Gasteiger partial charge in [0.15, 0.2) is 0 Å². The molecule has 1 aliphatic carbocycles. The molecule has 2 rings (SSSR count). The second-order valence-electron chi connectivity index (χ2n) is 5.83. The average molecular weight is 254 g/mol. The largest absolute Gasteiger partial charge is 0.481 e. The fourth-order valence-electron chi connectivity index (χ4n) is 3.04. The van der Waals surface area contributed by atoms with E-state index in [1.807, 2.05) is 4.90 Å². The van der Waals surface area contributed by atoms with Gasteiger partial charge in [0, 0.05) is 25.9 Å². The highest BCUT2D eigenvalue weighted by molar-refractivity contribution is 5.77. The third kappa shape index (κ3) is 2.83. The van der Waals surface area contributed by atoms with Gasteiger partial charge < -0.3 is 15.7 Å². The molecule has 5 heteroatoms. The van der Waals surface area contributed by atoms with E-state index in [2.05, 4.69) is 0 Å². The molecule has 1 aliphatic heterocycles. The molecule has 0 aromatic carbocycles. The van der Waals surface area contributed by atoms with E-state index in [0.717, 1.165) is 19.3 Å². The predicted molar refractivity (Wildman–Crippen MR) is 66.9 cm³/mol. The minimum atomic E-state index is -0.772. The van der Waals surface area contributed by atoms with Crippen LogP contribution in [0.4, 0.5) is 0 Å². The average Bonchev–Trinajstić information content (AvgIpc) is 2.70. The van der Waals surface area contributed by atoms with E-state index >= 15 is 0 Å². The Bertz CT molecular complexity index is 334. The first kappa shape index (κ1) is 13.3. The van der Waals surface area contributed by atoms with Crippen LogP contribution in [0.5, 0.6) is 0 Å². The molecule has 0 aromatic rings. The van der Waals surface area contributed by atoms with E-state index in [1.165, 1.54) is 6.42 Å². The summed E-state index contributed by atoms with van der Waals surface area (Å²) in [4.78, 5) is 24.6. The minimum Gasteiger partial charge on any atom is -0.481 e. The van der Waals surface area contributed by atoms with Gasteiger partial charge in [-0.2, -0.15) is 0 Å². The second kappa shape index (κ2) is 5.26. The van der Waals surface area contributed by atoms with Crippen molar-refractivity contribution in [3.05, 3.63) is 0 Å². The standard InChI is InChI=1S/C13H22N2O3/c14-9-13(3-1-4-13)7-11(16)15-5-2-10(8-15)6-12(17)18/h10H,1-9,14H2,(H,17,18). The van der Waals surface area contributed by atoms with Crippen molar-refractivity contribution in [2.45, 2.75) is 38.5 Å². The van der Waals surface area contributed by atoms with Crippen molar-refractivity contribution in [1.29, 1.82) is 0 Å². The molecule has 0 bridgehead atoms. The Morgan fingerprint density at radius 2 is 2.11 bits per heavy atom. The normalized spacial score (nSPS) is 25.8. The number of hydrogen-bond acceptors (Lipinski definition) is 3. The maximum Gasteiger partial charge on any atom is 0.303 e. The van der Waals surface area contributed by atoms with E-state index < -0.39 is 5.97 Å². The number of nitrogens with two attached hydrogens (primary N) is 1. The molecule has 1 saturated heterocycles. The molecule has 2 fully saturated rings. The van der Waals surface area contributed by atoms with Crippen LogP contribution in [0.15, 0.2) is 0 Å². The summed E-state index contributed by atoms with van der Waals surface area (Å²) >= 11 is 0. The molecule has 0 spiro atoms. The van der Waals surface area contributed by atoms with Crippen LogP contribution in [0.3, 0.4) is 0 Å². The zero-order valence-electron chi connectivity index (χ0n) is 10.7. The third-order valence-corrected chi connectivity index (χ3v) is 4.48. The molecule has 3 N–H and O–H groups in total. The number of carboxylic acid groups (broad SMARTS) is 1. The zero-order chi connectivity index (χ0) is 13.2. The first-order chi connectivity index (χ1) is 8.54.